The molecule has 0 aliphatic rings. The van der Waals surface area contributed by atoms with Crippen molar-refractivity contribution in [3.8, 4) is 0 Å². The second kappa shape index (κ2) is 6.60. The van der Waals surface area contributed by atoms with Gasteiger partial charge in [0.15, 0.2) is 9.84 Å². The third-order valence-electron chi connectivity index (χ3n) is 3.34. The van der Waals surface area contributed by atoms with Crippen LogP contribution in [0.25, 0.3) is 0 Å². The molecule has 5 heteroatoms. The molecule has 0 spiro atoms. The number of benzene rings is 1. The third-order valence-corrected chi connectivity index (χ3v) is 5.49. The minimum absolute atomic E-state index is 0.0289. The van der Waals surface area contributed by atoms with Crippen LogP contribution in [0.15, 0.2) is 29.2 Å². The van der Waals surface area contributed by atoms with E-state index in [1.54, 1.807) is 19.1 Å². The molecule has 0 saturated heterocycles. The first kappa shape index (κ1) is 17.7. The molecule has 0 saturated carbocycles. The summed E-state index contributed by atoms with van der Waals surface area (Å²) in [5, 5.41) is -0.794. The predicted molar refractivity (Wildman–Crippen MR) is 83.0 cm³/mol. The van der Waals surface area contributed by atoms with Crippen molar-refractivity contribution >= 4 is 15.8 Å². The van der Waals surface area contributed by atoms with Crippen molar-refractivity contribution in [3.05, 3.63) is 29.8 Å². The standard InChI is InChI=1S/C16H24O4S/c1-6-20-15(17)11-12(2)21(18,19)14-9-7-13(8-10-14)16(3,4)5/h7-10,12H,6,11H2,1-5H3. The number of hydrogen-bond acceptors (Lipinski definition) is 4. The molecule has 1 atom stereocenters. The highest BCUT2D eigenvalue weighted by atomic mass is 32.2. The summed E-state index contributed by atoms with van der Waals surface area (Å²) in [5.41, 5.74) is 1.04. The molecule has 0 amide bonds. The summed E-state index contributed by atoms with van der Waals surface area (Å²) in [5.74, 6) is -0.486. The molecule has 1 aromatic carbocycles. The lowest BCUT2D eigenvalue weighted by Gasteiger charge is -2.19. The van der Waals surface area contributed by atoms with E-state index in [9.17, 15) is 13.2 Å². The van der Waals surface area contributed by atoms with Gasteiger partial charge >= 0.3 is 5.97 Å². The summed E-state index contributed by atoms with van der Waals surface area (Å²) in [6, 6.07) is 6.86. The summed E-state index contributed by atoms with van der Waals surface area (Å²) in [4.78, 5) is 11.7. The van der Waals surface area contributed by atoms with Crippen molar-refractivity contribution in [1.82, 2.24) is 0 Å². The smallest absolute Gasteiger partial charge is 0.307 e. The van der Waals surface area contributed by atoms with Gasteiger partial charge in [-0.2, -0.15) is 0 Å². The van der Waals surface area contributed by atoms with Crippen LogP contribution in [0.5, 0.6) is 0 Å². The second-order valence-electron chi connectivity index (χ2n) is 6.14. The number of hydrogen-bond donors (Lipinski definition) is 0. The van der Waals surface area contributed by atoms with Gasteiger partial charge in [0.2, 0.25) is 0 Å². The number of rotatable bonds is 5. The van der Waals surface area contributed by atoms with E-state index in [2.05, 4.69) is 20.8 Å². The van der Waals surface area contributed by atoms with E-state index in [0.29, 0.717) is 0 Å². The number of ether oxygens (including phenoxy) is 1. The van der Waals surface area contributed by atoms with Gasteiger partial charge in [-0.15, -0.1) is 0 Å². The average molecular weight is 312 g/mol. The van der Waals surface area contributed by atoms with Crippen LogP contribution in [0.1, 0.15) is 46.6 Å². The Bertz CT molecular complexity index is 580. The molecule has 0 bridgehead atoms. The Kier molecular flexibility index (Phi) is 5.56. The van der Waals surface area contributed by atoms with Crippen molar-refractivity contribution in [2.24, 2.45) is 0 Å². The first-order valence-electron chi connectivity index (χ1n) is 7.09. The largest absolute Gasteiger partial charge is 0.466 e. The average Bonchev–Trinajstić information content (AvgIpc) is 2.38. The van der Waals surface area contributed by atoms with Crippen LogP contribution in [-0.2, 0) is 24.8 Å². The molecule has 0 aliphatic heterocycles. The normalized spacial score (nSPS) is 13.8. The van der Waals surface area contributed by atoms with Gasteiger partial charge < -0.3 is 4.74 Å². The lowest BCUT2D eigenvalue weighted by molar-refractivity contribution is -0.143. The van der Waals surface area contributed by atoms with Crippen LogP contribution >= 0.6 is 0 Å². The van der Waals surface area contributed by atoms with E-state index in [-0.39, 0.29) is 23.3 Å². The van der Waals surface area contributed by atoms with Crippen LogP contribution in [0.3, 0.4) is 0 Å². The molecule has 0 heterocycles. The van der Waals surface area contributed by atoms with Gasteiger partial charge in [-0.1, -0.05) is 32.9 Å². The predicted octanol–water partition coefficient (Wildman–Crippen LogP) is 3.10. The number of sulfone groups is 1. The lowest BCUT2D eigenvalue weighted by atomic mass is 9.87. The molecule has 0 radical (unpaired) electrons. The second-order valence-corrected chi connectivity index (χ2v) is 8.51. The maximum atomic E-state index is 12.4. The first-order chi connectivity index (χ1) is 9.59. The van der Waals surface area contributed by atoms with E-state index in [1.807, 2.05) is 12.1 Å². The van der Waals surface area contributed by atoms with Gasteiger partial charge in [0.1, 0.15) is 0 Å². The van der Waals surface area contributed by atoms with Gasteiger partial charge in [0.05, 0.1) is 23.2 Å². The number of carbonyl (C=O) groups is 1. The zero-order valence-electron chi connectivity index (χ0n) is 13.3. The molecule has 0 aromatic heterocycles. The summed E-state index contributed by atoms with van der Waals surface area (Å²) in [7, 11) is -3.52. The van der Waals surface area contributed by atoms with Crippen molar-refractivity contribution in [2.45, 2.75) is 56.6 Å². The summed E-state index contributed by atoms with van der Waals surface area (Å²) < 4.78 is 29.7. The molecule has 0 aliphatic carbocycles. The topological polar surface area (TPSA) is 60.4 Å². The lowest BCUT2D eigenvalue weighted by Crippen LogP contribution is -2.23. The molecular weight excluding hydrogens is 288 g/mol. The Labute approximate surface area is 127 Å². The molecular formula is C16H24O4S. The fraction of sp³-hybridized carbons (Fsp3) is 0.562. The summed E-state index contributed by atoms with van der Waals surface area (Å²) in [6.45, 7) is 9.69. The molecule has 1 unspecified atom stereocenters. The van der Waals surface area contributed by atoms with Crippen molar-refractivity contribution in [2.75, 3.05) is 6.61 Å². The van der Waals surface area contributed by atoms with Crippen molar-refractivity contribution in [3.63, 3.8) is 0 Å². The fourth-order valence-electron chi connectivity index (χ4n) is 1.94. The van der Waals surface area contributed by atoms with E-state index >= 15 is 0 Å². The maximum absolute atomic E-state index is 12.4. The van der Waals surface area contributed by atoms with Crippen molar-refractivity contribution in [1.29, 1.82) is 0 Å². The quantitative estimate of drug-likeness (QED) is 0.784. The Morgan fingerprint density at radius 3 is 2.14 bits per heavy atom. The van der Waals surface area contributed by atoms with Gasteiger partial charge in [-0.3, -0.25) is 4.79 Å². The monoisotopic (exact) mass is 312 g/mol. The van der Waals surface area contributed by atoms with E-state index in [1.165, 1.54) is 6.92 Å². The van der Waals surface area contributed by atoms with E-state index in [4.69, 9.17) is 4.74 Å². The fourth-order valence-corrected chi connectivity index (χ4v) is 3.28. The van der Waals surface area contributed by atoms with Gasteiger partial charge in [-0.05, 0) is 37.0 Å². The molecule has 0 fully saturated rings. The third kappa shape index (κ3) is 4.56. The van der Waals surface area contributed by atoms with Crippen LogP contribution in [0.4, 0.5) is 0 Å². The van der Waals surface area contributed by atoms with Gasteiger partial charge in [0.25, 0.3) is 0 Å². The molecule has 0 N–H and O–H groups in total. The van der Waals surface area contributed by atoms with Crippen LogP contribution in [-0.4, -0.2) is 26.2 Å². The van der Waals surface area contributed by atoms with Crippen LogP contribution in [0, 0.1) is 0 Å². The van der Waals surface area contributed by atoms with E-state index in [0.717, 1.165) is 5.56 Å². The molecule has 4 nitrogen and oxygen atoms in total. The maximum Gasteiger partial charge on any atom is 0.307 e. The van der Waals surface area contributed by atoms with Gasteiger partial charge in [-0.25, -0.2) is 8.42 Å². The molecule has 1 aromatic rings. The number of esters is 1. The minimum atomic E-state index is -3.52. The Balaban J connectivity index is 2.95. The zero-order valence-corrected chi connectivity index (χ0v) is 14.2. The van der Waals surface area contributed by atoms with E-state index < -0.39 is 21.1 Å². The molecule has 118 valence electrons. The highest BCUT2D eigenvalue weighted by Crippen LogP contribution is 2.25. The first-order valence-corrected chi connectivity index (χ1v) is 8.63. The van der Waals surface area contributed by atoms with Gasteiger partial charge in [0, 0.05) is 0 Å². The SMILES string of the molecule is CCOC(=O)CC(C)S(=O)(=O)c1ccc(C(C)(C)C)cc1. The Morgan fingerprint density at radius 2 is 1.71 bits per heavy atom. The Morgan fingerprint density at radius 1 is 1.19 bits per heavy atom. The highest BCUT2D eigenvalue weighted by molar-refractivity contribution is 7.92. The summed E-state index contributed by atoms with van der Waals surface area (Å²) in [6.07, 6.45) is -0.128. The van der Waals surface area contributed by atoms with Crippen LogP contribution in [0.2, 0.25) is 0 Å². The highest BCUT2D eigenvalue weighted by Gasteiger charge is 2.26. The van der Waals surface area contributed by atoms with Crippen LogP contribution < -0.4 is 0 Å². The summed E-state index contributed by atoms with van der Waals surface area (Å²) >= 11 is 0. The minimum Gasteiger partial charge on any atom is -0.466 e. The van der Waals surface area contributed by atoms with Crippen molar-refractivity contribution < 1.29 is 17.9 Å². The molecule has 1 rings (SSSR count). The zero-order chi connectivity index (χ0) is 16.3. The molecule has 21 heavy (non-hydrogen) atoms. The Hall–Kier alpha value is -1.36. The number of carbonyl (C=O) groups excluding carboxylic acids is 1.